The summed E-state index contributed by atoms with van der Waals surface area (Å²) in [6.07, 6.45) is 18.8. The van der Waals surface area contributed by atoms with Gasteiger partial charge in [-0.05, 0) is 85.9 Å². The average molecular weight is 766 g/mol. The van der Waals surface area contributed by atoms with E-state index in [-0.39, 0.29) is 0 Å². The van der Waals surface area contributed by atoms with E-state index in [1.54, 1.807) is 0 Å². The molecule has 0 saturated carbocycles. The molecule has 3 heteroatoms. The van der Waals surface area contributed by atoms with E-state index in [9.17, 15) is 0 Å². The first-order chi connectivity index (χ1) is 29.7. The minimum absolute atomic E-state index is 0.999. The monoisotopic (exact) mass is 765 g/mol. The van der Waals surface area contributed by atoms with E-state index in [1.165, 1.54) is 16.2 Å². The van der Waals surface area contributed by atoms with Crippen molar-refractivity contribution in [2.24, 2.45) is 0 Å². The highest BCUT2D eigenvalue weighted by Crippen LogP contribution is 2.30. The summed E-state index contributed by atoms with van der Waals surface area (Å²) in [4.78, 5) is 14.2. The van der Waals surface area contributed by atoms with Crippen molar-refractivity contribution in [3.8, 4) is 33.8 Å². The molecule has 0 amide bonds. The summed E-state index contributed by atoms with van der Waals surface area (Å²) in [6, 6.07) is 64.0. The zero-order valence-electron chi connectivity index (χ0n) is 32.9. The van der Waals surface area contributed by atoms with Crippen LogP contribution in [0.1, 0.15) is 33.4 Å². The first-order valence-corrected chi connectivity index (χ1v) is 20.2. The molecule has 10 aromatic rings. The fourth-order valence-corrected chi connectivity index (χ4v) is 7.87. The van der Waals surface area contributed by atoms with Gasteiger partial charge in [-0.15, -0.1) is 0 Å². The van der Waals surface area contributed by atoms with Gasteiger partial charge in [-0.1, -0.05) is 182 Å². The van der Waals surface area contributed by atoms with Gasteiger partial charge < -0.3 is 0 Å². The lowest BCUT2D eigenvalue weighted by Crippen LogP contribution is -1.86. The summed E-state index contributed by atoms with van der Waals surface area (Å²) in [6.45, 7) is 0. The predicted octanol–water partition coefficient (Wildman–Crippen LogP) is 14.8. The van der Waals surface area contributed by atoms with Gasteiger partial charge in [-0.25, -0.2) is 0 Å². The second-order valence-electron chi connectivity index (χ2n) is 14.9. The highest BCUT2D eigenvalue weighted by atomic mass is 14.7. The minimum Gasteiger partial charge on any atom is -0.256 e. The molecule has 60 heavy (non-hydrogen) atoms. The normalized spacial score (nSPS) is 11.8. The van der Waals surface area contributed by atoms with Gasteiger partial charge in [-0.2, -0.15) is 0 Å². The smallest absolute Gasteiger partial charge is 0.0780 e. The minimum atomic E-state index is 0.999. The van der Waals surface area contributed by atoms with Gasteiger partial charge in [0.15, 0.2) is 0 Å². The summed E-state index contributed by atoms with van der Waals surface area (Å²) in [5.41, 5.74) is 13.0. The summed E-state index contributed by atoms with van der Waals surface area (Å²) >= 11 is 0. The quantitative estimate of drug-likeness (QED) is 0.137. The van der Waals surface area contributed by atoms with E-state index in [0.29, 0.717) is 0 Å². The summed E-state index contributed by atoms with van der Waals surface area (Å²) in [5, 5.41) is 7.04. The van der Waals surface area contributed by atoms with Crippen molar-refractivity contribution in [2.45, 2.75) is 0 Å². The third-order valence-corrected chi connectivity index (χ3v) is 11.0. The van der Waals surface area contributed by atoms with Crippen LogP contribution in [0, 0.1) is 0 Å². The van der Waals surface area contributed by atoms with Crippen LogP contribution >= 0.6 is 0 Å². The van der Waals surface area contributed by atoms with Crippen molar-refractivity contribution in [3.63, 3.8) is 0 Å². The molecule has 3 heterocycles. The summed E-state index contributed by atoms with van der Waals surface area (Å²) in [5.74, 6) is 0. The van der Waals surface area contributed by atoms with Gasteiger partial charge in [0.2, 0.25) is 0 Å². The molecule has 0 saturated heterocycles. The second-order valence-corrected chi connectivity index (χ2v) is 14.9. The van der Waals surface area contributed by atoms with Crippen molar-refractivity contribution in [3.05, 3.63) is 234 Å². The van der Waals surface area contributed by atoms with Gasteiger partial charge in [0.1, 0.15) is 0 Å². The predicted molar refractivity (Wildman–Crippen MR) is 255 cm³/mol. The number of hydrogen-bond acceptors (Lipinski definition) is 3. The molecule has 0 bridgehead atoms. The Morgan fingerprint density at radius 2 is 0.517 bits per heavy atom. The Morgan fingerprint density at radius 3 is 0.817 bits per heavy atom. The molecule has 0 aliphatic carbocycles. The number of nitrogens with zero attached hydrogens (tertiary/aromatic N) is 3. The van der Waals surface area contributed by atoms with Crippen LogP contribution in [-0.4, -0.2) is 15.0 Å². The Hall–Kier alpha value is -8.01. The third kappa shape index (κ3) is 7.80. The van der Waals surface area contributed by atoms with E-state index in [4.69, 9.17) is 15.0 Å². The van der Waals surface area contributed by atoms with Gasteiger partial charge in [0.25, 0.3) is 0 Å². The molecule has 3 aromatic heterocycles. The number of benzene rings is 7. The number of pyridine rings is 3. The molecular formula is C57H39N3. The van der Waals surface area contributed by atoms with Gasteiger partial charge in [-0.3, -0.25) is 15.0 Å². The molecule has 0 spiro atoms. The molecular weight excluding hydrogens is 727 g/mol. The van der Waals surface area contributed by atoms with Gasteiger partial charge >= 0.3 is 0 Å². The number of rotatable bonds is 9. The molecule has 10 rings (SSSR count). The largest absolute Gasteiger partial charge is 0.256 e. The topological polar surface area (TPSA) is 38.7 Å². The van der Waals surface area contributed by atoms with Gasteiger partial charge in [0.05, 0.1) is 17.1 Å². The first-order valence-electron chi connectivity index (χ1n) is 20.2. The van der Waals surface area contributed by atoms with Crippen LogP contribution in [0.5, 0.6) is 0 Å². The number of fused-ring (bicyclic) bond motifs is 3. The Balaban J connectivity index is 0.932. The highest BCUT2D eigenvalue weighted by molar-refractivity contribution is 5.96. The molecule has 0 unspecified atom stereocenters. The van der Waals surface area contributed by atoms with Crippen molar-refractivity contribution in [1.82, 2.24) is 15.0 Å². The van der Waals surface area contributed by atoms with Crippen LogP contribution in [0.15, 0.2) is 201 Å². The van der Waals surface area contributed by atoms with Crippen LogP contribution in [0.25, 0.3) is 103 Å². The Bertz CT molecular complexity index is 2850. The van der Waals surface area contributed by atoms with Crippen molar-refractivity contribution < 1.29 is 0 Å². The molecule has 0 atom stereocenters. The van der Waals surface area contributed by atoms with Crippen LogP contribution < -0.4 is 0 Å². The first kappa shape index (κ1) is 36.3. The molecule has 3 nitrogen and oxygen atoms in total. The van der Waals surface area contributed by atoms with Crippen molar-refractivity contribution >= 4 is 68.8 Å². The fourth-order valence-electron chi connectivity index (χ4n) is 7.87. The van der Waals surface area contributed by atoms with E-state index in [2.05, 4.69) is 218 Å². The molecule has 0 aliphatic rings. The fraction of sp³-hybridized carbons (Fsp3) is 0. The molecule has 0 N–H and O–H groups in total. The van der Waals surface area contributed by atoms with E-state index in [0.717, 1.165) is 83.3 Å². The van der Waals surface area contributed by atoms with Crippen molar-refractivity contribution in [2.75, 3.05) is 0 Å². The van der Waals surface area contributed by atoms with Crippen LogP contribution in [0.2, 0.25) is 0 Å². The second kappa shape index (κ2) is 16.5. The summed E-state index contributed by atoms with van der Waals surface area (Å²) < 4.78 is 0. The number of aromatic nitrogens is 3. The van der Waals surface area contributed by atoms with Gasteiger partial charge in [0, 0.05) is 51.4 Å². The van der Waals surface area contributed by atoms with E-state index in [1.807, 2.05) is 18.6 Å². The van der Waals surface area contributed by atoms with Crippen LogP contribution in [0.3, 0.4) is 0 Å². The zero-order chi connectivity index (χ0) is 40.1. The number of hydrogen-bond donors (Lipinski definition) is 0. The SMILES string of the molecule is C(=C\c1cc(/C=C/c2ccc(-c3nccc4ccccc34)cc2)cc(/C=C/c2ccc(-c3nccc4ccccc34)cc2)c1)/c1ccc(-c2nccc3ccccc23)cc1. The molecule has 282 valence electrons. The average Bonchev–Trinajstić information content (AvgIpc) is 3.32. The molecule has 0 aliphatic heterocycles. The lowest BCUT2D eigenvalue weighted by molar-refractivity contribution is 1.36. The van der Waals surface area contributed by atoms with E-state index >= 15 is 0 Å². The standard InChI is InChI=1S/C57H39N3/c1-4-10-52-46(7-1)31-34-58-55(52)49-25-19-40(20-26-49)13-16-43-37-44(17-14-41-21-27-50(28-22-41)56-53-11-5-2-8-47(53)32-35-59-56)39-45(38-43)18-15-42-23-29-51(30-24-42)57-54-12-6-3-9-48(54)33-36-60-57/h1-39H/b16-13+,17-14+,18-15+. The molecule has 0 radical (unpaired) electrons. The molecule has 7 aromatic carbocycles. The summed E-state index contributed by atoms with van der Waals surface area (Å²) in [7, 11) is 0. The van der Waals surface area contributed by atoms with Crippen molar-refractivity contribution in [1.29, 1.82) is 0 Å². The Kier molecular flexibility index (Phi) is 9.97. The lowest BCUT2D eigenvalue weighted by Gasteiger charge is -2.07. The Labute approximate surface area is 350 Å². The van der Waals surface area contributed by atoms with E-state index < -0.39 is 0 Å². The Morgan fingerprint density at radius 1 is 0.250 bits per heavy atom. The zero-order valence-corrected chi connectivity index (χ0v) is 32.9. The van der Waals surface area contributed by atoms with Crippen LogP contribution in [0.4, 0.5) is 0 Å². The van der Waals surface area contributed by atoms with Crippen LogP contribution in [-0.2, 0) is 0 Å². The third-order valence-electron chi connectivity index (χ3n) is 11.0. The maximum absolute atomic E-state index is 4.72. The highest BCUT2D eigenvalue weighted by Gasteiger charge is 2.08. The lowest BCUT2D eigenvalue weighted by atomic mass is 10.00. The molecule has 0 fully saturated rings. The maximum atomic E-state index is 4.72. The maximum Gasteiger partial charge on any atom is 0.0780 e.